The highest BCUT2D eigenvalue weighted by Crippen LogP contribution is 2.29. The van der Waals surface area contributed by atoms with Gasteiger partial charge in [-0.1, -0.05) is 128 Å². The van der Waals surface area contributed by atoms with Gasteiger partial charge in [-0.15, -0.1) is 0 Å². The number of quaternary nitrogens is 1. The zero-order valence-electron chi connectivity index (χ0n) is 28.1. The monoisotopic (exact) mass is 703 g/mol. The summed E-state index contributed by atoms with van der Waals surface area (Å²) in [7, 11) is -5.03. The Morgan fingerprint density at radius 2 is 1.28 bits per heavy atom. The van der Waals surface area contributed by atoms with Gasteiger partial charge in [0.15, 0.2) is 6.29 Å². The molecular formula is C39H45NO9S. The van der Waals surface area contributed by atoms with Crippen molar-refractivity contribution in [2.24, 2.45) is 5.92 Å². The molecule has 0 bridgehead atoms. The first-order valence-corrected chi connectivity index (χ1v) is 18.4. The van der Waals surface area contributed by atoms with E-state index in [9.17, 15) is 13.0 Å². The molecule has 2 aliphatic heterocycles. The Kier molecular flexibility index (Phi) is 12.8. The van der Waals surface area contributed by atoms with Crippen LogP contribution in [0, 0.1) is 5.92 Å². The van der Waals surface area contributed by atoms with Crippen molar-refractivity contribution in [2.75, 3.05) is 26.3 Å². The van der Waals surface area contributed by atoms with Gasteiger partial charge in [0.1, 0.15) is 37.4 Å². The Hall–Kier alpha value is -3.49. The second kappa shape index (κ2) is 17.6. The van der Waals surface area contributed by atoms with Gasteiger partial charge in [0, 0.05) is 11.5 Å². The van der Waals surface area contributed by atoms with E-state index in [2.05, 4.69) is 6.92 Å². The van der Waals surface area contributed by atoms with Crippen LogP contribution in [-0.2, 0) is 58.1 Å². The van der Waals surface area contributed by atoms with Crippen LogP contribution in [0.15, 0.2) is 121 Å². The maximum atomic E-state index is 11.8. The van der Waals surface area contributed by atoms with Crippen molar-refractivity contribution < 1.29 is 45.7 Å². The Morgan fingerprint density at radius 3 is 1.86 bits per heavy atom. The maximum Gasteiger partial charge on any atom is 0.218 e. The van der Waals surface area contributed by atoms with Gasteiger partial charge in [0.25, 0.3) is 0 Å². The third-order valence-electron chi connectivity index (χ3n) is 9.41. The Morgan fingerprint density at radius 1 is 0.740 bits per heavy atom. The highest BCUT2D eigenvalue weighted by Gasteiger charge is 2.48. The number of ether oxygens (including phenoxy) is 5. The van der Waals surface area contributed by atoms with Crippen molar-refractivity contribution >= 4 is 10.4 Å². The zero-order valence-corrected chi connectivity index (χ0v) is 28.9. The van der Waals surface area contributed by atoms with Crippen LogP contribution in [0.4, 0.5) is 0 Å². The van der Waals surface area contributed by atoms with Crippen LogP contribution in [0.1, 0.15) is 35.5 Å². The minimum atomic E-state index is -5.03. The van der Waals surface area contributed by atoms with Crippen LogP contribution in [0.5, 0.6) is 0 Å². The van der Waals surface area contributed by atoms with Crippen molar-refractivity contribution in [3.63, 3.8) is 0 Å². The number of piperidine rings is 1. The summed E-state index contributed by atoms with van der Waals surface area (Å²) in [5, 5.41) is 0. The minimum Gasteiger partial charge on any atom is -0.726 e. The largest absolute Gasteiger partial charge is 0.726 e. The van der Waals surface area contributed by atoms with Gasteiger partial charge in [-0.3, -0.25) is 4.18 Å². The van der Waals surface area contributed by atoms with Crippen LogP contribution < -0.4 is 4.90 Å². The molecule has 2 aliphatic rings. The summed E-state index contributed by atoms with van der Waals surface area (Å²) in [6, 6.07) is 39.4. The first-order valence-electron chi connectivity index (χ1n) is 17.1. The first kappa shape index (κ1) is 36.3. The number of hydrogen-bond donors (Lipinski definition) is 1. The summed E-state index contributed by atoms with van der Waals surface area (Å²) in [6.45, 7) is 4.52. The molecule has 2 unspecified atom stereocenters. The third-order valence-corrected chi connectivity index (χ3v) is 9.89. The Labute approximate surface area is 294 Å². The van der Waals surface area contributed by atoms with E-state index in [0.29, 0.717) is 39.5 Å². The second-order valence-corrected chi connectivity index (χ2v) is 13.9. The lowest BCUT2D eigenvalue weighted by molar-refractivity contribution is -0.944. The molecule has 2 heterocycles. The third kappa shape index (κ3) is 10.3. The van der Waals surface area contributed by atoms with Crippen LogP contribution in [0.3, 0.4) is 0 Å². The molecule has 2 fully saturated rings. The van der Waals surface area contributed by atoms with Crippen molar-refractivity contribution in [1.82, 2.24) is 0 Å². The molecule has 8 atom stereocenters. The molecule has 11 heteroatoms. The molecule has 0 radical (unpaired) electrons. The summed E-state index contributed by atoms with van der Waals surface area (Å²) in [4.78, 5) is 1.07. The molecule has 0 spiro atoms. The summed E-state index contributed by atoms with van der Waals surface area (Å²) in [6.07, 6.45) is -3.25. The maximum absolute atomic E-state index is 11.8. The van der Waals surface area contributed by atoms with E-state index in [1.165, 1.54) is 0 Å². The average Bonchev–Trinajstić information content (AvgIpc) is 3.13. The zero-order chi connectivity index (χ0) is 34.8. The Bertz CT molecular complexity index is 1680. The van der Waals surface area contributed by atoms with Crippen molar-refractivity contribution in [3.8, 4) is 0 Å². The molecule has 0 aliphatic carbocycles. The van der Waals surface area contributed by atoms with Crippen molar-refractivity contribution in [2.45, 2.75) is 63.5 Å². The highest BCUT2D eigenvalue weighted by molar-refractivity contribution is 7.80. The SMILES string of the molecule is C[C@H]1[C@H](OCc2ccccc2)[C@@H](OCc2ccccc2)C[NH+](C[C@@H]2OC(c3ccccc3)OC[C@H]2OS(=O)(=O)[O-])[C@@H]1COCc1ccccc1. The normalized spacial score (nSPS) is 27.2. The van der Waals surface area contributed by atoms with E-state index in [-0.39, 0.29) is 30.8 Å². The number of rotatable bonds is 15. The molecule has 0 aromatic heterocycles. The fraction of sp³-hybridized carbons (Fsp3) is 0.385. The van der Waals surface area contributed by atoms with Crippen LogP contribution in [0.25, 0.3) is 0 Å². The van der Waals surface area contributed by atoms with Crippen LogP contribution in [-0.4, -0.2) is 69.7 Å². The number of hydrogen-bond acceptors (Lipinski definition) is 9. The molecule has 1 N–H and O–H groups in total. The number of benzene rings is 4. The molecule has 4 aromatic rings. The van der Waals surface area contributed by atoms with E-state index in [4.69, 9.17) is 27.9 Å². The molecule has 6 rings (SSSR count). The number of nitrogens with one attached hydrogen (secondary N) is 1. The summed E-state index contributed by atoms with van der Waals surface area (Å²) < 4.78 is 72.5. The average molecular weight is 704 g/mol. The van der Waals surface area contributed by atoms with Gasteiger partial charge >= 0.3 is 0 Å². The topological polar surface area (TPSA) is 117 Å². The summed E-state index contributed by atoms with van der Waals surface area (Å²) in [5.74, 6) is -0.0496. The lowest BCUT2D eigenvalue weighted by atomic mass is 9.85. The minimum absolute atomic E-state index is 0.0496. The molecule has 0 saturated carbocycles. The molecule has 266 valence electrons. The predicted octanol–water partition coefficient (Wildman–Crippen LogP) is 4.24. The van der Waals surface area contributed by atoms with Gasteiger partial charge < -0.3 is 33.1 Å². The predicted molar refractivity (Wildman–Crippen MR) is 184 cm³/mol. The van der Waals surface area contributed by atoms with E-state index >= 15 is 0 Å². The lowest BCUT2D eigenvalue weighted by Crippen LogP contribution is -3.21. The van der Waals surface area contributed by atoms with Gasteiger partial charge in [0.2, 0.25) is 10.4 Å². The quantitative estimate of drug-likeness (QED) is 0.143. The van der Waals surface area contributed by atoms with Crippen molar-refractivity contribution in [3.05, 3.63) is 144 Å². The van der Waals surface area contributed by atoms with Crippen LogP contribution in [0.2, 0.25) is 0 Å². The van der Waals surface area contributed by atoms with Gasteiger partial charge in [-0.25, -0.2) is 8.42 Å². The van der Waals surface area contributed by atoms with Gasteiger partial charge in [0.05, 0.1) is 39.1 Å². The fourth-order valence-electron chi connectivity index (χ4n) is 6.84. The molecular weight excluding hydrogens is 658 g/mol. The molecule has 10 nitrogen and oxygen atoms in total. The first-order chi connectivity index (χ1) is 24.3. The Balaban J connectivity index is 1.27. The van der Waals surface area contributed by atoms with E-state index < -0.39 is 28.9 Å². The van der Waals surface area contributed by atoms with Crippen molar-refractivity contribution in [1.29, 1.82) is 0 Å². The smallest absolute Gasteiger partial charge is 0.218 e. The highest BCUT2D eigenvalue weighted by atomic mass is 32.3. The lowest BCUT2D eigenvalue weighted by Gasteiger charge is -2.47. The van der Waals surface area contributed by atoms with Crippen LogP contribution >= 0.6 is 0 Å². The number of likely N-dealkylation sites (tertiary alicyclic amines) is 1. The molecule has 4 aromatic carbocycles. The van der Waals surface area contributed by atoms with E-state index in [1.54, 1.807) is 0 Å². The fourth-order valence-corrected chi connectivity index (χ4v) is 7.33. The van der Waals surface area contributed by atoms with E-state index in [1.807, 2.05) is 121 Å². The second-order valence-electron chi connectivity index (χ2n) is 12.9. The van der Waals surface area contributed by atoms with Gasteiger partial charge in [-0.05, 0) is 16.7 Å². The van der Waals surface area contributed by atoms with E-state index in [0.717, 1.165) is 27.2 Å². The summed E-state index contributed by atoms with van der Waals surface area (Å²) >= 11 is 0. The standard InChI is InChI=1S/C39H45NO9S/c1-29-34(27-44-24-30-14-6-2-7-15-30)40(22-35-37(49-50(41,42)43)28-47-39(48-35)33-20-12-5-13-21-33)23-36(45-25-31-16-8-3-9-17-31)38(29)46-26-32-18-10-4-11-19-32/h2-21,29,34-39H,22-28H2,1H3,(H,41,42,43)/t29-,34-,35+,36+,37-,38+,39?/m1/s1. The van der Waals surface area contributed by atoms with Gasteiger partial charge in [-0.2, -0.15) is 0 Å². The molecule has 50 heavy (non-hydrogen) atoms. The molecule has 2 saturated heterocycles. The molecule has 0 amide bonds. The summed E-state index contributed by atoms with van der Waals surface area (Å²) in [5.41, 5.74) is 3.95.